The van der Waals surface area contributed by atoms with Gasteiger partial charge in [0.15, 0.2) is 0 Å². The number of benzene rings is 1. The first-order valence-corrected chi connectivity index (χ1v) is 12.5. The number of ether oxygens (including phenoxy) is 1. The highest BCUT2D eigenvalue weighted by molar-refractivity contribution is 7.18. The van der Waals surface area contributed by atoms with Crippen LogP contribution in [0.15, 0.2) is 53.5 Å². The van der Waals surface area contributed by atoms with Crippen LogP contribution in [0.4, 0.5) is 5.69 Å². The van der Waals surface area contributed by atoms with Crippen molar-refractivity contribution in [2.24, 2.45) is 11.7 Å². The van der Waals surface area contributed by atoms with Crippen LogP contribution in [-0.2, 0) is 22.6 Å². The summed E-state index contributed by atoms with van der Waals surface area (Å²) in [5.41, 5.74) is 8.39. The van der Waals surface area contributed by atoms with Gasteiger partial charge in [-0.25, -0.2) is 0 Å². The lowest BCUT2D eigenvalue weighted by Gasteiger charge is -2.20. The molecule has 10 heteroatoms. The molecule has 1 aliphatic heterocycles. The summed E-state index contributed by atoms with van der Waals surface area (Å²) in [4.78, 5) is 40.3. The quantitative estimate of drug-likeness (QED) is 0.456. The number of carbonyl (C=O) groups is 2. The Balaban J connectivity index is 1.51. The molecule has 184 valence electrons. The van der Waals surface area contributed by atoms with Gasteiger partial charge in [-0.3, -0.25) is 19.0 Å². The summed E-state index contributed by atoms with van der Waals surface area (Å²) in [6.45, 7) is 1.55. The van der Waals surface area contributed by atoms with Gasteiger partial charge in [0.05, 0.1) is 21.5 Å². The third-order valence-corrected chi connectivity index (χ3v) is 7.16. The molecule has 1 atom stereocenters. The lowest BCUT2D eigenvalue weighted by atomic mass is 10.1. The average molecular weight is 515 g/mol. The van der Waals surface area contributed by atoms with Gasteiger partial charge in [-0.1, -0.05) is 17.7 Å². The molecule has 0 aliphatic carbocycles. The summed E-state index contributed by atoms with van der Waals surface area (Å²) in [6, 6.07) is 12.5. The van der Waals surface area contributed by atoms with E-state index in [0.29, 0.717) is 52.9 Å². The molecule has 1 saturated heterocycles. The van der Waals surface area contributed by atoms with E-state index in [0.717, 1.165) is 11.3 Å². The Hall–Kier alpha value is -2.98. The van der Waals surface area contributed by atoms with Crippen LogP contribution >= 0.6 is 22.9 Å². The Morgan fingerprint density at radius 1 is 1.23 bits per heavy atom. The normalized spacial score (nSPS) is 15.6. The van der Waals surface area contributed by atoms with Gasteiger partial charge in [-0.15, -0.1) is 11.3 Å². The van der Waals surface area contributed by atoms with Crippen molar-refractivity contribution in [3.8, 4) is 5.69 Å². The van der Waals surface area contributed by atoms with Crippen LogP contribution in [0.1, 0.15) is 27.2 Å². The summed E-state index contributed by atoms with van der Waals surface area (Å²) in [6.07, 6.45) is 2.56. The first-order valence-electron chi connectivity index (χ1n) is 11.3. The second-order valence-electron chi connectivity index (χ2n) is 8.38. The minimum atomic E-state index is -0.193. The lowest BCUT2D eigenvalue weighted by molar-refractivity contribution is -0.117. The molecule has 3 N–H and O–H groups in total. The van der Waals surface area contributed by atoms with Crippen LogP contribution in [0.2, 0.25) is 4.34 Å². The van der Waals surface area contributed by atoms with Gasteiger partial charge in [-0.05, 0) is 49.4 Å². The summed E-state index contributed by atoms with van der Waals surface area (Å²) >= 11 is 7.13. The maximum absolute atomic E-state index is 12.9. The van der Waals surface area contributed by atoms with Gasteiger partial charge in [0.1, 0.15) is 0 Å². The first-order chi connectivity index (χ1) is 16.9. The molecule has 0 spiro atoms. The largest absolute Gasteiger partial charge is 0.380 e. The molecular weight excluding hydrogens is 488 g/mol. The number of rotatable bonds is 9. The minimum absolute atomic E-state index is 0.0111. The van der Waals surface area contributed by atoms with Crippen molar-refractivity contribution in [3.63, 3.8) is 0 Å². The Morgan fingerprint density at radius 2 is 2.06 bits per heavy atom. The van der Waals surface area contributed by atoms with Gasteiger partial charge >= 0.3 is 0 Å². The van der Waals surface area contributed by atoms with Gasteiger partial charge in [-0.2, -0.15) is 0 Å². The fraction of sp³-hybridized carbons (Fsp3) is 0.320. The number of halogens is 1. The van der Waals surface area contributed by atoms with Gasteiger partial charge < -0.3 is 20.7 Å². The minimum Gasteiger partial charge on any atom is -0.380 e. The van der Waals surface area contributed by atoms with Crippen LogP contribution < -0.4 is 21.5 Å². The van der Waals surface area contributed by atoms with E-state index in [1.807, 2.05) is 24.3 Å². The molecule has 3 heterocycles. The molecule has 1 aromatic carbocycles. The number of aromatic nitrogens is 1. The number of nitrogens with one attached hydrogen (secondary N) is 1. The molecule has 0 unspecified atom stereocenters. The van der Waals surface area contributed by atoms with E-state index >= 15 is 0 Å². The zero-order valence-electron chi connectivity index (χ0n) is 19.3. The van der Waals surface area contributed by atoms with Crippen LogP contribution in [0.25, 0.3) is 5.69 Å². The molecule has 35 heavy (non-hydrogen) atoms. The highest BCUT2D eigenvalue weighted by Crippen LogP contribution is 2.29. The molecular formula is C25H27ClN4O4S. The van der Waals surface area contributed by atoms with Crippen molar-refractivity contribution in [3.05, 3.63) is 79.4 Å². The maximum atomic E-state index is 12.9. The number of hydrogen-bond donors (Lipinski definition) is 2. The van der Waals surface area contributed by atoms with Gasteiger partial charge in [0.25, 0.3) is 11.5 Å². The monoisotopic (exact) mass is 514 g/mol. The summed E-state index contributed by atoms with van der Waals surface area (Å²) in [7, 11) is 1.59. The Kier molecular flexibility index (Phi) is 8.02. The summed E-state index contributed by atoms with van der Waals surface area (Å²) < 4.78 is 7.53. The van der Waals surface area contributed by atoms with E-state index < -0.39 is 0 Å². The van der Waals surface area contributed by atoms with E-state index in [1.165, 1.54) is 11.3 Å². The molecule has 0 saturated carbocycles. The third-order valence-electron chi connectivity index (χ3n) is 5.93. The van der Waals surface area contributed by atoms with Crippen LogP contribution in [0.5, 0.6) is 0 Å². The molecule has 0 bridgehead atoms. The molecule has 4 rings (SSSR count). The van der Waals surface area contributed by atoms with E-state index in [-0.39, 0.29) is 29.9 Å². The van der Waals surface area contributed by atoms with Crippen molar-refractivity contribution < 1.29 is 14.3 Å². The zero-order valence-corrected chi connectivity index (χ0v) is 20.9. The molecule has 1 fully saturated rings. The third kappa shape index (κ3) is 5.65. The van der Waals surface area contributed by atoms with Crippen LogP contribution in [0, 0.1) is 5.92 Å². The summed E-state index contributed by atoms with van der Waals surface area (Å²) in [5.74, 6) is -0.216. The second-order valence-corrected chi connectivity index (χ2v) is 10.1. The molecule has 2 aromatic heterocycles. The molecule has 2 amide bonds. The molecule has 1 aliphatic rings. The van der Waals surface area contributed by atoms with E-state index in [9.17, 15) is 14.4 Å². The van der Waals surface area contributed by atoms with Crippen molar-refractivity contribution in [2.75, 3.05) is 31.6 Å². The number of thiophene rings is 1. The standard InChI is InChI=1S/C25H27ClN4O4S/c1-34-15-18-12-19(4-5-20(18)29-10-2-3-17(8-9-27)25(29)33)30-14-16(11-23(30)31)13-28-24(32)21-6-7-22(26)35-21/h2-7,10,12,16H,8-9,11,13-15,27H2,1H3,(H,28,32)/t16-/m0/s1. The van der Waals surface area contributed by atoms with Crippen LogP contribution in [0.3, 0.4) is 0 Å². The predicted molar refractivity (Wildman–Crippen MR) is 138 cm³/mol. The fourth-order valence-corrected chi connectivity index (χ4v) is 5.21. The number of hydrogen-bond acceptors (Lipinski definition) is 6. The number of nitrogens with two attached hydrogens (primary N) is 1. The number of carbonyl (C=O) groups excluding carboxylic acids is 2. The van der Waals surface area contributed by atoms with E-state index in [4.69, 9.17) is 22.1 Å². The topological polar surface area (TPSA) is 107 Å². The van der Waals surface area contributed by atoms with E-state index in [2.05, 4.69) is 5.32 Å². The number of amides is 2. The SMILES string of the molecule is COCc1cc(N2C[C@H](CNC(=O)c3ccc(Cl)s3)CC2=O)ccc1-n1cccc(CCN)c1=O. The molecule has 3 aromatic rings. The first kappa shape index (κ1) is 25.1. The highest BCUT2D eigenvalue weighted by atomic mass is 35.5. The van der Waals surface area contributed by atoms with Crippen molar-refractivity contribution in [2.45, 2.75) is 19.4 Å². The number of nitrogens with zero attached hydrogens (tertiary/aromatic N) is 2. The van der Waals surface area contributed by atoms with Gasteiger partial charge in [0, 0.05) is 55.5 Å². The predicted octanol–water partition coefficient (Wildman–Crippen LogP) is 2.98. The van der Waals surface area contributed by atoms with Crippen molar-refractivity contribution in [1.82, 2.24) is 9.88 Å². The number of methoxy groups -OCH3 is 1. The second kappa shape index (κ2) is 11.2. The highest BCUT2D eigenvalue weighted by Gasteiger charge is 2.31. The maximum Gasteiger partial charge on any atom is 0.261 e. The van der Waals surface area contributed by atoms with Gasteiger partial charge in [0.2, 0.25) is 5.91 Å². The van der Waals surface area contributed by atoms with Crippen molar-refractivity contribution >= 4 is 40.4 Å². The number of pyridine rings is 1. The average Bonchev–Trinajstić information content (AvgIpc) is 3.45. The Morgan fingerprint density at radius 3 is 2.77 bits per heavy atom. The van der Waals surface area contributed by atoms with E-state index in [1.54, 1.807) is 41.0 Å². The Labute approximate surface area is 212 Å². The lowest BCUT2D eigenvalue weighted by Crippen LogP contribution is -2.31. The Bertz CT molecular complexity index is 1290. The number of anilines is 1. The smallest absolute Gasteiger partial charge is 0.261 e. The molecule has 8 nitrogen and oxygen atoms in total. The molecule has 0 radical (unpaired) electrons. The van der Waals surface area contributed by atoms with Crippen LogP contribution in [-0.4, -0.2) is 43.1 Å². The fourth-order valence-electron chi connectivity index (χ4n) is 4.25. The summed E-state index contributed by atoms with van der Waals surface area (Å²) in [5, 5.41) is 2.90. The zero-order chi connectivity index (χ0) is 24.9. The van der Waals surface area contributed by atoms with Crippen molar-refractivity contribution in [1.29, 1.82) is 0 Å².